The Kier molecular flexibility index (Phi) is 6.01. The largest absolute Gasteiger partial charge is 0.384 e. The molecule has 0 atom stereocenters. The average Bonchev–Trinajstić information content (AvgIpc) is 2.37. The molecule has 1 aromatic heterocycles. The summed E-state index contributed by atoms with van der Waals surface area (Å²) in [7, 11) is 3.18. The first-order valence-corrected chi connectivity index (χ1v) is 6.18. The maximum atomic E-state index is 11.5. The van der Waals surface area contributed by atoms with Gasteiger partial charge in [0.1, 0.15) is 18.2 Å². The van der Waals surface area contributed by atoms with Crippen molar-refractivity contribution >= 4 is 17.5 Å². The standard InChI is InChI=1S/C12H21N5O2/c1-4-5-17(7-12(18)14-2)11-6-9(13)15-10(16-11)8-19-3/h6H,4-5,7-8H2,1-3H3,(H,14,18)(H2,13,15,16). The quantitative estimate of drug-likeness (QED) is 0.731. The molecule has 3 N–H and O–H groups in total. The van der Waals surface area contributed by atoms with E-state index in [9.17, 15) is 4.79 Å². The second-order valence-electron chi connectivity index (χ2n) is 4.09. The molecule has 19 heavy (non-hydrogen) atoms. The SMILES string of the molecule is CCCN(CC(=O)NC)c1cc(N)nc(COC)n1. The van der Waals surface area contributed by atoms with Crippen molar-refractivity contribution in [2.24, 2.45) is 0 Å². The molecule has 0 fully saturated rings. The topological polar surface area (TPSA) is 93.4 Å². The minimum atomic E-state index is -0.0704. The Labute approximate surface area is 113 Å². The molecule has 1 heterocycles. The second-order valence-corrected chi connectivity index (χ2v) is 4.09. The number of hydrogen-bond donors (Lipinski definition) is 2. The normalized spacial score (nSPS) is 10.3. The molecule has 0 unspecified atom stereocenters. The van der Waals surface area contributed by atoms with Gasteiger partial charge in [0.25, 0.3) is 0 Å². The number of amides is 1. The van der Waals surface area contributed by atoms with Crippen LogP contribution in [-0.2, 0) is 16.1 Å². The zero-order valence-corrected chi connectivity index (χ0v) is 11.6. The molecule has 7 heteroatoms. The molecule has 0 spiro atoms. The van der Waals surface area contributed by atoms with E-state index in [1.54, 1.807) is 20.2 Å². The van der Waals surface area contributed by atoms with Crippen LogP contribution in [0, 0.1) is 0 Å². The number of nitrogens with two attached hydrogens (primary N) is 1. The molecule has 0 aliphatic rings. The number of carbonyl (C=O) groups is 1. The van der Waals surface area contributed by atoms with Crippen LogP contribution >= 0.6 is 0 Å². The van der Waals surface area contributed by atoms with E-state index in [1.165, 1.54) is 0 Å². The first-order chi connectivity index (χ1) is 9.10. The summed E-state index contributed by atoms with van der Waals surface area (Å²) in [5.74, 6) is 1.45. The number of anilines is 2. The predicted molar refractivity (Wildman–Crippen MR) is 73.7 cm³/mol. The Morgan fingerprint density at radius 1 is 1.53 bits per heavy atom. The molecule has 1 aromatic rings. The van der Waals surface area contributed by atoms with Gasteiger partial charge in [-0.15, -0.1) is 0 Å². The molecule has 0 bridgehead atoms. The number of likely N-dealkylation sites (N-methyl/N-ethyl adjacent to an activating group) is 1. The van der Waals surface area contributed by atoms with Gasteiger partial charge in [0, 0.05) is 26.8 Å². The van der Waals surface area contributed by atoms with Gasteiger partial charge in [-0.3, -0.25) is 4.79 Å². The molecule has 0 saturated carbocycles. The molecule has 1 amide bonds. The maximum Gasteiger partial charge on any atom is 0.239 e. The molecule has 106 valence electrons. The molecule has 0 aliphatic heterocycles. The van der Waals surface area contributed by atoms with E-state index in [2.05, 4.69) is 15.3 Å². The van der Waals surface area contributed by atoms with Crippen molar-refractivity contribution in [2.75, 3.05) is 37.9 Å². The minimum absolute atomic E-state index is 0.0704. The number of methoxy groups -OCH3 is 1. The first kappa shape index (κ1) is 15.2. The number of ether oxygens (including phenoxy) is 1. The fourth-order valence-electron chi connectivity index (χ4n) is 1.66. The number of aromatic nitrogens is 2. The summed E-state index contributed by atoms with van der Waals surface area (Å²) < 4.78 is 5.00. The zero-order chi connectivity index (χ0) is 14.3. The van der Waals surface area contributed by atoms with Crippen LogP contribution in [0.4, 0.5) is 11.6 Å². The van der Waals surface area contributed by atoms with E-state index >= 15 is 0 Å². The van der Waals surface area contributed by atoms with Crippen molar-refractivity contribution in [2.45, 2.75) is 20.0 Å². The van der Waals surface area contributed by atoms with Crippen LogP contribution < -0.4 is 16.0 Å². The van der Waals surface area contributed by atoms with E-state index < -0.39 is 0 Å². The molecule has 0 saturated heterocycles. The van der Waals surface area contributed by atoms with E-state index in [4.69, 9.17) is 10.5 Å². The van der Waals surface area contributed by atoms with Crippen LogP contribution in [0.1, 0.15) is 19.2 Å². The van der Waals surface area contributed by atoms with Crippen molar-refractivity contribution in [1.82, 2.24) is 15.3 Å². The third-order valence-corrected chi connectivity index (χ3v) is 2.48. The zero-order valence-electron chi connectivity index (χ0n) is 11.6. The molecule has 7 nitrogen and oxygen atoms in total. The van der Waals surface area contributed by atoms with E-state index in [-0.39, 0.29) is 19.1 Å². The Morgan fingerprint density at radius 2 is 2.26 bits per heavy atom. The average molecular weight is 267 g/mol. The van der Waals surface area contributed by atoms with Crippen LogP contribution in [0.5, 0.6) is 0 Å². The summed E-state index contributed by atoms with van der Waals surface area (Å²) in [6.45, 7) is 3.29. The third kappa shape index (κ3) is 4.70. The number of nitrogens with zero attached hydrogens (tertiary/aromatic N) is 3. The summed E-state index contributed by atoms with van der Waals surface area (Å²) in [4.78, 5) is 21.8. The fourth-order valence-corrected chi connectivity index (χ4v) is 1.66. The summed E-state index contributed by atoms with van der Waals surface area (Å²) in [6, 6.07) is 1.66. The Morgan fingerprint density at radius 3 is 2.84 bits per heavy atom. The van der Waals surface area contributed by atoms with Gasteiger partial charge in [-0.25, -0.2) is 9.97 Å². The lowest BCUT2D eigenvalue weighted by Gasteiger charge is -2.22. The lowest BCUT2D eigenvalue weighted by molar-refractivity contribution is -0.119. The smallest absolute Gasteiger partial charge is 0.239 e. The molecule has 0 aromatic carbocycles. The summed E-state index contributed by atoms with van der Waals surface area (Å²) in [5.41, 5.74) is 5.75. The van der Waals surface area contributed by atoms with Crippen molar-refractivity contribution in [3.8, 4) is 0 Å². The van der Waals surface area contributed by atoms with Crippen LogP contribution in [0.25, 0.3) is 0 Å². The molecular weight excluding hydrogens is 246 g/mol. The highest BCUT2D eigenvalue weighted by molar-refractivity contribution is 5.80. The number of hydrogen-bond acceptors (Lipinski definition) is 6. The lowest BCUT2D eigenvalue weighted by Crippen LogP contribution is -2.36. The van der Waals surface area contributed by atoms with E-state index in [1.807, 2.05) is 11.8 Å². The highest BCUT2D eigenvalue weighted by Crippen LogP contribution is 2.14. The van der Waals surface area contributed by atoms with E-state index in [0.717, 1.165) is 13.0 Å². The van der Waals surface area contributed by atoms with Crippen LogP contribution in [0.15, 0.2) is 6.07 Å². The van der Waals surface area contributed by atoms with Gasteiger partial charge >= 0.3 is 0 Å². The predicted octanol–water partition coefficient (Wildman–Crippen LogP) is 0.168. The highest BCUT2D eigenvalue weighted by atomic mass is 16.5. The van der Waals surface area contributed by atoms with Gasteiger partial charge in [0.15, 0.2) is 5.82 Å². The van der Waals surface area contributed by atoms with Crippen molar-refractivity contribution < 1.29 is 9.53 Å². The lowest BCUT2D eigenvalue weighted by atomic mass is 10.3. The number of nitrogen functional groups attached to an aromatic ring is 1. The van der Waals surface area contributed by atoms with Gasteiger partial charge in [-0.1, -0.05) is 6.92 Å². The van der Waals surface area contributed by atoms with Crippen LogP contribution in [0.3, 0.4) is 0 Å². The third-order valence-electron chi connectivity index (χ3n) is 2.48. The highest BCUT2D eigenvalue weighted by Gasteiger charge is 2.13. The van der Waals surface area contributed by atoms with Crippen molar-refractivity contribution in [3.63, 3.8) is 0 Å². The van der Waals surface area contributed by atoms with Gasteiger partial charge < -0.3 is 20.7 Å². The first-order valence-electron chi connectivity index (χ1n) is 6.18. The van der Waals surface area contributed by atoms with Crippen molar-refractivity contribution in [3.05, 3.63) is 11.9 Å². The van der Waals surface area contributed by atoms with Crippen molar-refractivity contribution in [1.29, 1.82) is 0 Å². The van der Waals surface area contributed by atoms with Gasteiger partial charge in [-0.05, 0) is 6.42 Å². The fraction of sp³-hybridized carbons (Fsp3) is 0.583. The number of carbonyl (C=O) groups excluding carboxylic acids is 1. The van der Waals surface area contributed by atoms with Crippen LogP contribution in [0.2, 0.25) is 0 Å². The van der Waals surface area contributed by atoms with E-state index in [0.29, 0.717) is 17.5 Å². The Bertz CT molecular complexity index is 425. The van der Waals surface area contributed by atoms with Gasteiger partial charge in [-0.2, -0.15) is 0 Å². The van der Waals surface area contributed by atoms with Gasteiger partial charge in [0.05, 0.1) is 6.54 Å². The Hall–Kier alpha value is -1.89. The second kappa shape index (κ2) is 7.52. The van der Waals surface area contributed by atoms with Crippen LogP contribution in [-0.4, -0.2) is 43.1 Å². The Balaban J connectivity index is 2.96. The maximum absolute atomic E-state index is 11.5. The monoisotopic (exact) mass is 267 g/mol. The molecule has 0 radical (unpaired) electrons. The number of nitrogens with one attached hydrogen (secondary N) is 1. The number of rotatable bonds is 7. The molecular formula is C12H21N5O2. The minimum Gasteiger partial charge on any atom is -0.384 e. The summed E-state index contributed by atoms with van der Waals surface area (Å²) in [5, 5.41) is 2.60. The molecule has 0 aliphatic carbocycles. The summed E-state index contributed by atoms with van der Waals surface area (Å²) in [6.07, 6.45) is 0.903. The molecule has 1 rings (SSSR count). The van der Waals surface area contributed by atoms with Gasteiger partial charge in [0.2, 0.25) is 5.91 Å². The summed E-state index contributed by atoms with van der Waals surface area (Å²) >= 11 is 0.